The van der Waals surface area contributed by atoms with Crippen LogP contribution in [0.4, 0.5) is 0 Å². The van der Waals surface area contributed by atoms with E-state index >= 15 is 0 Å². The van der Waals surface area contributed by atoms with Crippen LogP contribution >= 0.6 is 0 Å². The van der Waals surface area contributed by atoms with Gasteiger partial charge >= 0.3 is 0 Å². The molecule has 3 atom stereocenters. The summed E-state index contributed by atoms with van der Waals surface area (Å²) in [5, 5.41) is 34.2. The second-order valence-electron chi connectivity index (χ2n) is 7.42. The highest BCUT2D eigenvalue weighted by molar-refractivity contribution is 4.82. The average Bonchev–Trinajstić information content (AvgIpc) is 2.69. The molecule has 0 saturated carbocycles. The molecule has 0 radical (unpaired) electrons. The number of rotatable bonds is 14. The van der Waals surface area contributed by atoms with Gasteiger partial charge in [-0.1, -0.05) is 51.9 Å². The Bertz CT molecular complexity index is 464. The summed E-state index contributed by atoms with van der Waals surface area (Å²) in [7, 11) is 0. The molecule has 0 aromatic carbocycles. The lowest BCUT2D eigenvalue weighted by Crippen LogP contribution is -1.96. The van der Waals surface area contributed by atoms with Crippen LogP contribution in [0.15, 0.2) is 0 Å². The molecule has 0 fully saturated rings. The molecular weight excluding hydrogens is 332 g/mol. The quantitative estimate of drug-likeness (QED) is 0.306. The van der Waals surface area contributed by atoms with Crippen molar-refractivity contribution in [2.45, 2.75) is 104 Å². The van der Waals surface area contributed by atoms with Gasteiger partial charge in [0, 0.05) is 24.2 Å². The summed E-state index contributed by atoms with van der Waals surface area (Å²) in [6.07, 6.45) is 13.6. The molecule has 0 aromatic rings. The number of nitrogens with zero attached hydrogens (tertiary/aromatic N) is 4. The summed E-state index contributed by atoms with van der Waals surface area (Å²) in [6.45, 7) is 6.07. The first-order valence-corrected chi connectivity index (χ1v) is 10.6. The number of unbranched alkanes of at least 4 members (excludes halogenated alkanes) is 6. The Labute approximate surface area is 167 Å². The summed E-state index contributed by atoms with van der Waals surface area (Å²) in [4.78, 5) is 0. The minimum Gasteiger partial charge on any atom is -0.198 e. The Morgan fingerprint density at radius 3 is 1.52 bits per heavy atom. The predicted octanol–water partition coefficient (Wildman–Crippen LogP) is 7.05. The van der Waals surface area contributed by atoms with Gasteiger partial charge < -0.3 is 0 Å². The van der Waals surface area contributed by atoms with Crippen LogP contribution in [0.3, 0.4) is 0 Å². The summed E-state index contributed by atoms with van der Waals surface area (Å²) < 4.78 is 0. The maximum Gasteiger partial charge on any atom is 0.0655 e. The van der Waals surface area contributed by atoms with E-state index in [0.717, 1.165) is 70.6 Å². The highest BCUT2D eigenvalue weighted by atomic mass is 14.3. The van der Waals surface area contributed by atoms with E-state index < -0.39 is 0 Å². The second-order valence-corrected chi connectivity index (χ2v) is 7.42. The molecule has 4 nitrogen and oxygen atoms in total. The molecular formula is C23H38N4. The lowest BCUT2D eigenvalue weighted by atomic mass is 9.97. The molecule has 4 heteroatoms. The minimum absolute atomic E-state index is 0.188. The molecule has 27 heavy (non-hydrogen) atoms. The van der Waals surface area contributed by atoms with E-state index in [0.29, 0.717) is 6.42 Å². The molecule has 0 heterocycles. The Balaban J connectivity index is 0. The molecule has 0 aromatic heterocycles. The molecule has 3 unspecified atom stereocenters. The third-order valence-corrected chi connectivity index (χ3v) is 4.64. The summed E-state index contributed by atoms with van der Waals surface area (Å²) >= 11 is 0. The van der Waals surface area contributed by atoms with E-state index in [9.17, 15) is 0 Å². The molecule has 0 aliphatic carbocycles. The van der Waals surface area contributed by atoms with Gasteiger partial charge in [0.1, 0.15) is 0 Å². The smallest absolute Gasteiger partial charge is 0.0655 e. The van der Waals surface area contributed by atoms with Crippen LogP contribution < -0.4 is 0 Å². The van der Waals surface area contributed by atoms with Crippen LogP contribution in [0, 0.1) is 63.1 Å². The molecule has 0 saturated heterocycles. The van der Waals surface area contributed by atoms with Crippen LogP contribution in [-0.4, -0.2) is 0 Å². The van der Waals surface area contributed by atoms with E-state index in [1.165, 1.54) is 6.42 Å². The average molecular weight is 371 g/mol. The molecule has 0 bridgehead atoms. The van der Waals surface area contributed by atoms with Crippen LogP contribution in [0.2, 0.25) is 0 Å². The van der Waals surface area contributed by atoms with Gasteiger partial charge in [-0.3, -0.25) is 0 Å². The molecule has 0 rings (SSSR count). The first-order valence-electron chi connectivity index (χ1n) is 10.6. The first-order chi connectivity index (χ1) is 13.0. The highest BCUT2D eigenvalue weighted by Gasteiger charge is 2.05. The predicted molar refractivity (Wildman–Crippen MR) is 110 cm³/mol. The third-order valence-electron chi connectivity index (χ3n) is 4.64. The first kappa shape index (κ1) is 27.2. The highest BCUT2D eigenvalue weighted by Crippen LogP contribution is 2.16. The van der Waals surface area contributed by atoms with E-state index in [-0.39, 0.29) is 17.8 Å². The van der Waals surface area contributed by atoms with Crippen molar-refractivity contribution < 1.29 is 0 Å². The van der Waals surface area contributed by atoms with Gasteiger partial charge in [-0.25, -0.2) is 0 Å². The van der Waals surface area contributed by atoms with Crippen LogP contribution in [-0.2, 0) is 0 Å². The van der Waals surface area contributed by atoms with Crippen molar-refractivity contribution in [1.82, 2.24) is 0 Å². The van der Waals surface area contributed by atoms with Gasteiger partial charge in [0.15, 0.2) is 0 Å². The summed E-state index contributed by atoms with van der Waals surface area (Å²) in [5.41, 5.74) is 0. The fourth-order valence-corrected chi connectivity index (χ4v) is 2.70. The van der Waals surface area contributed by atoms with Gasteiger partial charge in [-0.15, -0.1) is 0 Å². The monoisotopic (exact) mass is 370 g/mol. The molecule has 0 aliphatic heterocycles. The van der Waals surface area contributed by atoms with Crippen molar-refractivity contribution in [1.29, 1.82) is 21.0 Å². The standard InChI is InChI=1S/C12H20N2.C11H18N2/c1-2-3-8-12(11-14)9-6-4-5-7-10-13;1-10(8-12)6-4-3-5-7-11(2)9-13/h12H,2-9H2,1H3;10-11H,3-7H2,1-2H3. The lowest BCUT2D eigenvalue weighted by Gasteiger charge is -2.06. The largest absolute Gasteiger partial charge is 0.198 e. The fourth-order valence-electron chi connectivity index (χ4n) is 2.70. The van der Waals surface area contributed by atoms with Gasteiger partial charge in [-0.05, 0) is 46.0 Å². The van der Waals surface area contributed by atoms with Crippen molar-refractivity contribution >= 4 is 0 Å². The zero-order valence-electron chi connectivity index (χ0n) is 17.7. The fraction of sp³-hybridized carbons (Fsp3) is 0.826. The van der Waals surface area contributed by atoms with Crippen molar-refractivity contribution in [3.8, 4) is 24.3 Å². The molecule has 0 N–H and O–H groups in total. The van der Waals surface area contributed by atoms with E-state index in [1.54, 1.807) is 0 Å². The minimum atomic E-state index is 0.188. The van der Waals surface area contributed by atoms with Crippen LogP contribution in [0.5, 0.6) is 0 Å². The van der Waals surface area contributed by atoms with Crippen molar-refractivity contribution in [3.05, 3.63) is 0 Å². The molecule has 0 spiro atoms. The van der Waals surface area contributed by atoms with Crippen molar-refractivity contribution in [3.63, 3.8) is 0 Å². The van der Waals surface area contributed by atoms with Gasteiger partial charge in [0.05, 0.1) is 24.3 Å². The van der Waals surface area contributed by atoms with Gasteiger partial charge in [0.25, 0.3) is 0 Å². The maximum absolute atomic E-state index is 8.85. The maximum atomic E-state index is 8.85. The number of nitriles is 4. The summed E-state index contributed by atoms with van der Waals surface area (Å²) in [5.74, 6) is 0.624. The van der Waals surface area contributed by atoms with Crippen molar-refractivity contribution in [2.75, 3.05) is 0 Å². The lowest BCUT2D eigenvalue weighted by molar-refractivity contribution is 0.495. The van der Waals surface area contributed by atoms with Crippen LogP contribution in [0.1, 0.15) is 104 Å². The molecule has 0 amide bonds. The normalized spacial score (nSPS) is 12.9. The summed E-state index contributed by atoms with van der Waals surface area (Å²) in [6, 6.07) is 8.95. The number of hydrogen-bond donors (Lipinski definition) is 0. The Morgan fingerprint density at radius 1 is 0.593 bits per heavy atom. The zero-order chi connectivity index (χ0) is 20.8. The van der Waals surface area contributed by atoms with E-state index in [2.05, 4.69) is 31.2 Å². The molecule has 150 valence electrons. The topological polar surface area (TPSA) is 95.2 Å². The SMILES string of the molecule is CC(C#N)CCCCCC(C)C#N.CCCCC(C#N)CCCCCC#N. The van der Waals surface area contributed by atoms with Gasteiger partial charge in [0.2, 0.25) is 0 Å². The third kappa shape index (κ3) is 21.9. The van der Waals surface area contributed by atoms with Crippen LogP contribution in [0.25, 0.3) is 0 Å². The second kappa shape index (κ2) is 22.0. The Kier molecular flexibility index (Phi) is 22.1. The van der Waals surface area contributed by atoms with Gasteiger partial charge in [-0.2, -0.15) is 21.0 Å². The van der Waals surface area contributed by atoms with Crippen molar-refractivity contribution in [2.24, 2.45) is 17.8 Å². The molecule has 0 aliphatic rings. The Hall–Kier alpha value is -2.04. The van der Waals surface area contributed by atoms with E-state index in [1.807, 2.05) is 13.8 Å². The zero-order valence-corrected chi connectivity index (χ0v) is 17.7. The number of hydrogen-bond acceptors (Lipinski definition) is 4. The Morgan fingerprint density at radius 2 is 1.07 bits per heavy atom. The van der Waals surface area contributed by atoms with E-state index in [4.69, 9.17) is 21.0 Å².